The molecule has 0 bridgehead atoms. The first-order valence-electron chi connectivity index (χ1n) is 7.05. The highest BCUT2D eigenvalue weighted by Gasteiger charge is 2.09. The Balaban J connectivity index is 2.62. The normalized spacial score (nSPS) is 11.8. The van der Waals surface area contributed by atoms with Crippen molar-refractivity contribution in [1.82, 2.24) is 0 Å². The van der Waals surface area contributed by atoms with Crippen LogP contribution in [0, 0.1) is 0 Å². The fourth-order valence-corrected chi connectivity index (χ4v) is 2.58. The van der Waals surface area contributed by atoms with Crippen molar-refractivity contribution in [2.45, 2.75) is 58.8 Å². The molecule has 0 N–H and O–H groups in total. The Morgan fingerprint density at radius 3 is 2.56 bits per heavy atom. The Labute approximate surface area is 115 Å². The lowest BCUT2D eigenvalue weighted by Gasteiger charge is -2.05. The van der Waals surface area contributed by atoms with Gasteiger partial charge in [0.2, 0.25) is 0 Å². The summed E-state index contributed by atoms with van der Waals surface area (Å²) < 4.78 is 0. The molecule has 0 aromatic carbocycles. The molecule has 0 amide bonds. The summed E-state index contributed by atoms with van der Waals surface area (Å²) in [7, 11) is 0. The molecule has 1 aromatic rings. The maximum Gasteiger partial charge on any atom is 0.158 e. The van der Waals surface area contributed by atoms with Gasteiger partial charge < -0.3 is 0 Å². The highest BCUT2D eigenvalue weighted by atomic mass is 32.1. The van der Waals surface area contributed by atoms with Crippen LogP contribution in [-0.4, -0.2) is 5.78 Å². The van der Waals surface area contributed by atoms with Gasteiger partial charge >= 0.3 is 0 Å². The van der Waals surface area contributed by atoms with Crippen LogP contribution >= 0.6 is 11.3 Å². The average Bonchev–Trinajstić information content (AvgIpc) is 2.87. The molecular formula is C16H24OS. The van der Waals surface area contributed by atoms with E-state index in [4.69, 9.17) is 0 Å². The second-order valence-electron chi connectivity index (χ2n) is 4.67. The number of carbonyl (C=O) groups is 1. The number of hydrogen-bond acceptors (Lipinski definition) is 2. The van der Waals surface area contributed by atoms with Crippen LogP contribution in [0.2, 0.25) is 0 Å². The molecule has 0 spiro atoms. The fraction of sp³-hybridized carbons (Fsp3) is 0.562. The van der Waals surface area contributed by atoms with Crippen molar-refractivity contribution in [2.24, 2.45) is 0 Å². The number of carbonyl (C=O) groups excluding carboxylic acids is 1. The average molecular weight is 264 g/mol. The number of Topliss-reactive ketones (excluding diaryl/α,β-unsaturated/α-hetero) is 1. The van der Waals surface area contributed by atoms with Gasteiger partial charge in [-0.05, 0) is 42.4 Å². The van der Waals surface area contributed by atoms with Crippen molar-refractivity contribution >= 4 is 23.2 Å². The van der Waals surface area contributed by atoms with Gasteiger partial charge in [0.25, 0.3) is 0 Å². The largest absolute Gasteiger partial charge is 0.295 e. The summed E-state index contributed by atoms with van der Waals surface area (Å²) in [5, 5.41) is 2.06. The zero-order valence-corrected chi connectivity index (χ0v) is 12.4. The molecule has 0 aliphatic rings. The monoisotopic (exact) mass is 264 g/mol. The summed E-state index contributed by atoms with van der Waals surface area (Å²) in [5.41, 5.74) is 1.02. The number of ketones is 1. The summed E-state index contributed by atoms with van der Waals surface area (Å²) in [4.78, 5) is 13.4. The smallest absolute Gasteiger partial charge is 0.158 e. The van der Waals surface area contributed by atoms with Crippen molar-refractivity contribution in [3.63, 3.8) is 0 Å². The predicted molar refractivity (Wildman–Crippen MR) is 81.0 cm³/mol. The van der Waals surface area contributed by atoms with E-state index < -0.39 is 0 Å². The molecular weight excluding hydrogens is 240 g/mol. The fourth-order valence-electron chi connectivity index (χ4n) is 1.90. The summed E-state index contributed by atoms with van der Waals surface area (Å²) in [6, 6.07) is 4.12. The van der Waals surface area contributed by atoms with Crippen LogP contribution in [0.1, 0.15) is 63.7 Å². The van der Waals surface area contributed by atoms with Crippen LogP contribution in [0.15, 0.2) is 23.1 Å². The summed E-state index contributed by atoms with van der Waals surface area (Å²) in [6.07, 6.45) is 9.35. The quantitative estimate of drug-likeness (QED) is 0.427. The van der Waals surface area contributed by atoms with E-state index in [0.717, 1.165) is 44.1 Å². The van der Waals surface area contributed by atoms with E-state index in [2.05, 4.69) is 31.4 Å². The van der Waals surface area contributed by atoms with Gasteiger partial charge in [0.05, 0.1) is 0 Å². The second kappa shape index (κ2) is 9.09. The molecule has 18 heavy (non-hydrogen) atoms. The first-order chi connectivity index (χ1) is 8.77. The lowest BCUT2D eigenvalue weighted by molar-refractivity contribution is -0.115. The van der Waals surface area contributed by atoms with Crippen LogP contribution < -0.4 is 0 Å². The molecule has 0 unspecified atom stereocenters. The summed E-state index contributed by atoms with van der Waals surface area (Å²) in [5.74, 6) is 0.352. The molecule has 100 valence electrons. The minimum absolute atomic E-state index is 0.352. The molecule has 1 nitrogen and oxygen atoms in total. The van der Waals surface area contributed by atoms with Gasteiger partial charge in [-0.25, -0.2) is 0 Å². The third kappa shape index (κ3) is 5.63. The molecule has 0 atom stereocenters. The van der Waals surface area contributed by atoms with Gasteiger partial charge in [0.15, 0.2) is 5.78 Å². The van der Waals surface area contributed by atoms with Crippen LogP contribution in [-0.2, 0) is 4.79 Å². The molecule has 0 aliphatic heterocycles. The molecule has 1 heterocycles. The Kier molecular flexibility index (Phi) is 7.66. The van der Waals surface area contributed by atoms with Gasteiger partial charge in [-0.2, -0.15) is 0 Å². The molecule has 0 fully saturated rings. The minimum Gasteiger partial charge on any atom is -0.295 e. The van der Waals surface area contributed by atoms with E-state index in [1.54, 1.807) is 11.3 Å². The minimum atomic E-state index is 0.352. The lowest BCUT2D eigenvalue weighted by atomic mass is 9.99. The third-order valence-corrected chi connectivity index (χ3v) is 3.84. The number of thiophene rings is 1. The zero-order valence-electron chi connectivity index (χ0n) is 11.6. The topological polar surface area (TPSA) is 17.1 Å². The van der Waals surface area contributed by atoms with Gasteiger partial charge in [0, 0.05) is 11.3 Å². The van der Waals surface area contributed by atoms with E-state index in [0.29, 0.717) is 5.78 Å². The van der Waals surface area contributed by atoms with E-state index >= 15 is 0 Å². The Bertz CT molecular complexity index is 362. The van der Waals surface area contributed by atoms with E-state index in [1.165, 1.54) is 11.3 Å². The number of hydrogen-bond donors (Lipinski definition) is 0. The number of rotatable bonds is 9. The Hall–Kier alpha value is -0.890. The maximum atomic E-state index is 12.2. The third-order valence-electron chi connectivity index (χ3n) is 3.02. The van der Waals surface area contributed by atoms with Gasteiger partial charge in [-0.1, -0.05) is 39.2 Å². The van der Waals surface area contributed by atoms with E-state index in [1.807, 2.05) is 6.07 Å². The van der Waals surface area contributed by atoms with Crippen LogP contribution in [0.5, 0.6) is 0 Å². The maximum absolute atomic E-state index is 12.2. The van der Waals surface area contributed by atoms with E-state index in [-0.39, 0.29) is 0 Å². The lowest BCUT2D eigenvalue weighted by Crippen LogP contribution is -2.02. The van der Waals surface area contributed by atoms with Gasteiger partial charge in [-0.15, -0.1) is 11.3 Å². The van der Waals surface area contributed by atoms with Crippen molar-refractivity contribution in [1.29, 1.82) is 0 Å². The molecule has 0 saturated heterocycles. The van der Waals surface area contributed by atoms with E-state index in [9.17, 15) is 4.79 Å². The highest BCUT2D eigenvalue weighted by Crippen LogP contribution is 2.19. The van der Waals surface area contributed by atoms with Crippen LogP contribution in [0.4, 0.5) is 0 Å². The van der Waals surface area contributed by atoms with Crippen molar-refractivity contribution in [2.75, 3.05) is 0 Å². The SMILES string of the molecule is CCCCCC(=O)/C(=C\c1cccs1)CCCC. The van der Waals surface area contributed by atoms with Gasteiger partial charge in [-0.3, -0.25) is 4.79 Å². The van der Waals surface area contributed by atoms with Crippen LogP contribution in [0.3, 0.4) is 0 Å². The van der Waals surface area contributed by atoms with Crippen molar-refractivity contribution in [3.05, 3.63) is 28.0 Å². The highest BCUT2D eigenvalue weighted by molar-refractivity contribution is 7.10. The van der Waals surface area contributed by atoms with Crippen molar-refractivity contribution < 1.29 is 4.79 Å². The van der Waals surface area contributed by atoms with Crippen molar-refractivity contribution in [3.8, 4) is 0 Å². The molecule has 0 radical (unpaired) electrons. The second-order valence-corrected chi connectivity index (χ2v) is 5.65. The zero-order chi connectivity index (χ0) is 13.2. The molecule has 2 heteroatoms. The predicted octanol–water partition coefficient (Wildman–Crippen LogP) is 5.47. The number of unbranched alkanes of at least 4 members (excludes halogenated alkanes) is 3. The first-order valence-corrected chi connectivity index (χ1v) is 7.93. The molecule has 1 rings (SSSR count). The summed E-state index contributed by atoms with van der Waals surface area (Å²) >= 11 is 1.70. The number of allylic oxidation sites excluding steroid dienone is 1. The summed E-state index contributed by atoms with van der Waals surface area (Å²) in [6.45, 7) is 4.34. The Morgan fingerprint density at radius 1 is 1.17 bits per heavy atom. The van der Waals surface area contributed by atoms with Gasteiger partial charge in [0.1, 0.15) is 0 Å². The van der Waals surface area contributed by atoms with Crippen LogP contribution in [0.25, 0.3) is 6.08 Å². The molecule has 1 aromatic heterocycles. The molecule has 0 saturated carbocycles. The standard InChI is InChI=1S/C16H24OS/c1-3-5-7-11-16(17)14(9-6-4-2)13-15-10-8-12-18-15/h8,10,12-13H,3-7,9,11H2,1-2H3/b14-13-. The Morgan fingerprint density at radius 2 is 1.94 bits per heavy atom. The molecule has 0 aliphatic carbocycles. The first kappa shape index (κ1) is 15.2.